The Morgan fingerprint density at radius 1 is 1.23 bits per heavy atom. The van der Waals surface area contributed by atoms with Crippen molar-refractivity contribution in [1.82, 2.24) is 10.6 Å². The Balaban J connectivity index is 1.51. The largest absolute Gasteiger partial charge is 0.454 e. The molecule has 1 saturated carbocycles. The number of hydrogen-bond donors (Lipinski definition) is 2. The van der Waals surface area contributed by atoms with Crippen molar-refractivity contribution in [3.8, 4) is 11.5 Å². The molecule has 1 aliphatic heterocycles. The molecule has 1 heterocycles. The van der Waals surface area contributed by atoms with Gasteiger partial charge in [0.05, 0.1) is 0 Å². The van der Waals surface area contributed by atoms with Gasteiger partial charge < -0.3 is 14.8 Å². The second-order valence-electron chi connectivity index (χ2n) is 5.39. The minimum Gasteiger partial charge on any atom is -0.454 e. The number of carbonyl (C=O) groups excluding carboxylic acids is 1. The molecule has 0 radical (unpaired) electrons. The second kappa shape index (κ2) is 6.79. The zero-order chi connectivity index (χ0) is 15.4. The molecule has 1 aromatic carbocycles. The lowest BCUT2D eigenvalue weighted by Crippen LogP contribution is -2.42. The first-order chi connectivity index (χ1) is 10.7. The first kappa shape index (κ1) is 14.8. The van der Waals surface area contributed by atoms with Gasteiger partial charge in [-0.05, 0) is 48.8 Å². The molecule has 2 aliphatic rings. The number of thiocarbonyl (C=S) groups is 1. The van der Waals surface area contributed by atoms with Crippen molar-refractivity contribution in [3.63, 3.8) is 0 Å². The Kier molecular flexibility index (Phi) is 4.58. The molecule has 0 saturated heterocycles. The van der Waals surface area contributed by atoms with Crippen LogP contribution in [0.15, 0.2) is 24.3 Å². The molecule has 5 nitrogen and oxygen atoms in total. The topological polar surface area (TPSA) is 59.6 Å². The monoisotopic (exact) mass is 318 g/mol. The van der Waals surface area contributed by atoms with Crippen LogP contribution < -0.4 is 20.1 Å². The highest BCUT2D eigenvalue weighted by Gasteiger charge is 2.16. The van der Waals surface area contributed by atoms with Crippen LogP contribution in [0.25, 0.3) is 6.08 Å². The van der Waals surface area contributed by atoms with Crippen LogP contribution in [0.5, 0.6) is 11.5 Å². The van der Waals surface area contributed by atoms with Crippen molar-refractivity contribution >= 4 is 29.3 Å². The Bertz CT molecular complexity index is 609. The maximum Gasteiger partial charge on any atom is 0.250 e. The van der Waals surface area contributed by atoms with Crippen molar-refractivity contribution in [1.29, 1.82) is 0 Å². The summed E-state index contributed by atoms with van der Waals surface area (Å²) in [5, 5.41) is 6.23. The van der Waals surface area contributed by atoms with Gasteiger partial charge in [-0.15, -0.1) is 0 Å². The third-order valence-corrected chi connectivity index (χ3v) is 3.97. The van der Waals surface area contributed by atoms with Crippen molar-refractivity contribution < 1.29 is 14.3 Å². The molecular formula is C16H18N2O3S. The maximum atomic E-state index is 11.9. The van der Waals surface area contributed by atoms with E-state index < -0.39 is 0 Å². The summed E-state index contributed by atoms with van der Waals surface area (Å²) in [7, 11) is 0. The quantitative estimate of drug-likeness (QED) is 0.662. The molecule has 1 fully saturated rings. The van der Waals surface area contributed by atoms with Gasteiger partial charge in [-0.1, -0.05) is 18.9 Å². The van der Waals surface area contributed by atoms with Gasteiger partial charge in [0.25, 0.3) is 0 Å². The van der Waals surface area contributed by atoms with E-state index >= 15 is 0 Å². The molecule has 0 atom stereocenters. The molecule has 0 spiro atoms. The van der Waals surface area contributed by atoms with Crippen LogP contribution in [-0.4, -0.2) is 23.9 Å². The molecule has 0 bridgehead atoms. The third kappa shape index (κ3) is 3.76. The minimum atomic E-state index is -0.242. The average Bonchev–Trinajstić information content (AvgIpc) is 3.15. The number of carbonyl (C=O) groups is 1. The lowest BCUT2D eigenvalue weighted by atomic mass is 10.2. The molecule has 116 valence electrons. The summed E-state index contributed by atoms with van der Waals surface area (Å²) in [5.41, 5.74) is 0.870. The fraction of sp³-hybridized carbons (Fsp3) is 0.375. The predicted octanol–water partition coefficient (Wildman–Crippen LogP) is 2.36. The van der Waals surface area contributed by atoms with Crippen LogP contribution in [-0.2, 0) is 4.79 Å². The highest BCUT2D eigenvalue weighted by Crippen LogP contribution is 2.32. The van der Waals surface area contributed by atoms with Crippen LogP contribution >= 0.6 is 12.2 Å². The number of hydrogen-bond acceptors (Lipinski definition) is 4. The fourth-order valence-electron chi connectivity index (χ4n) is 2.63. The summed E-state index contributed by atoms with van der Waals surface area (Å²) in [6.07, 6.45) is 7.85. The van der Waals surface area contributed by atoms with Gasteiger partial charge in [0, 0.05) is 12.1 Å². The van der Waals surface area contributed by atoms with E-state index in [1.54, 1.807) is 6.08 Å². The summed E-state index contributed by atoms with van der Waals surface area (Å²) in [5.74, 6) is 1.18. The van der Waals surface area contributed by atoms with Gasteiger partial charge in [0.1, 0.15) is 0 Å². The number of ether oxygens (including phenoxy) is 2. The molecule has 1 aromatic rings. The Labute approximate surface area is 134 Å². The summed E-state index contributed by atoms with van der Waals surface area (Å²) in [6.45, 7) is 0.240. The van der Waals surface area contributed by atoms with Gasteiger partial charge in [-0.25, -0.2) is 0 Å². The van der Waals surface area contributed by atoms with Crippen molar-refractivity contribution in [2.24, 2.45) is 0 Å². The number of benzene rings is 1. The first-order valence-corrected chi connectivity index (χ1v) is 7.81. The summed E-state index contributed by atoms with van der Waals surface area (Å²) >= 11 is 5.15. The molecule has 1 amide bonds. The van der Waals surface area contributed by atoms with E-state index in [0.29, 0.717) is 16.9 Å². The summed E-state index contributed by atoms with van der Waals surface area (Å²) in [6, 6.07) is 5.92. The van der Waals surface area contributed by atoms with Gasteiger partial charge in [-0.3, -0.25) is 10.1 Å². The number of nitrogens with one attached hydrogen (secondary N) is 2. The Morgan fingerprint density at radius 3 is 2.82 bits per heavy atom. The van der Waals surface area contributed by atoms with E-state index in [9.17, 15) is 4.79 Å². The smallest absolute Gasteiger partial charge is 0.250 e. The SMILES string of the molecule is O=C(C=Cc1ccc2c(c1)OCO2)NC(=S)NC1CCCC1. The first-order valence-electron chi connectivity index (χ1n) is 7.40. The van der Waals surface area contributed by atoms with Crippen molar-refractivity contribution in [2.75, 3.05) is 6.79 Å². The zero-order valence-corrected chi connectivity index (χ0v) is 12.9. The van der Waals surface area contributed by atoms with Crippen LogP contribution in [0, 0.1) is 0 Å². The number of amides is 1. The average molecular weight is 318 g/mol. The van der Waals surface area contributed by atoms with Crippen molar-refractivity contribution in [2.45, 2.75) is 31.7 Å². The van der Waals surface area contributed by atoms with E-state index in [4.69, 9.17) is 21.7 Å². The lowest BCUT2D eigenvalue weighted by Gasteiger charge is -2.13. The van der Waals surface area contributed by atoms with E-state index in [0.717, 1.165) is 24.2 Å². The summed E-state index contributed by atoms with van der Waals surface area (Å²) in [4.78, 5) is 11.9. The van der Waals surface area contributed by atoms with E-state index in [-0.39, 0.29) is 12.7 Å². The van der Waals surface area contributed by atoms with E-state index in [1.807, 2.05) is 18.2 Å². The Hall–Kier alpha value is -2.08. The molecule has 2 N–H and O–H groups in total. The third-order valence-electron chi connectivity index (χ3n) is 3.75. The van der Waals surface area contributed by atoms with Gasteiger partial charge >= 0.3 is 0 Å². The lowest BCUT2D eigenvalue weighted by molar-refractivity contribution is -0.115. The molecule has 3 rings (SSSR count). The minimum absolute atomic E-state index is 0.240. The second-order valence-corrected chi connectivity index (χ2v) is 5.80. The highest BCUT2D eigenvalue weighted by molar-refractivity contribution is 7.80. The van der Waals surface area contributed by atoms with Gasteiger partial charge in [0.2, 0.25) is 12.7 Å². The number of rotatable bonds is 3. The fourth-order valence-corrected chi connectivity index (χ4v) is 2.90. The van der Waals surface area contributed by atoms with Crippen LogP contribution in [0.2, 0.25) is 0 Å². The Morgan fingerprint density at radius 2 is 2.00 bits per heavy atom. The van der Waals surface area contributed by atoms with Gasteiger partial charge in [0.15, 0.2) is 16.6 Å². The van der Waals surface area contributed by atoms with Crippen molar-refractivity contribution in [3.05, 3.63) is 29.8 Å². The molecule has 22 heavy (non-hydrogen) atoms. The number of fused-ring (bicyclic) bond motifs is 1. The van der Waals surface area contributed by atoms with Gasteiger partial charge in [-0.2, -0.15) is 0 Å². The van der Waals surface area contributed by atoms with E-state index in [1.165, 1.54) is 18.9 Å². The zero-order valence-electron chi connectivity index (χ0n) is 12.1. The standard InChI is InChI=1S/C16H18N2O3S/c19-15(18-16(22)17-12-3-1-2-4-12)8-6-11-5-7-13-14(9-11)21-10-20-13/h5-9,12H,1-4,10H2,(H2,17,18,19,22). The highest BCUT2D eigenvalue weighted by atomic mass is 32.1. The van der Waals surface area contributed by atoms with E-state index in [2.05, 4.69) is 10.6 Å². The summed E-state index contributed by atoms with van der Waals surface area (Å²) < 4.78 is 10.5. The molecule has 0 unspecified atom stereocenters. The normalized spacial score (nSPS) is 16.9. The molecule has 1 aliphatic carbocycles. The van der Waals surface area contributed by atoms with Crippen LogP contribution in [0.3, 0.4) is 0 Å². The molecule has 6 heteroatoms. The maximum absolute atomic E-state index is 11.9. The predicted molar refractivity (Wildman–Crippen MR) is 87.7 cm³/mol. The van der Waals surface area contributed by atoms with Crippen LogP contribution in [0.4, 0.5) is 0 Å². The molecular weight excluding hydrogens is 300 g/mol. The van der Waals surface area contributed by atoms with Crippen LogP contribution in [0.1, 0.15) is 31.2 Å². The molecule has 0 aromatic heterocycles.